The van der Waals surface area contributed by atoms with E-state index in [1.54, 1.807) is 0 Å². The molecule has 0 bridgehead atoms. The molecule has 1 aliphatic carbocycles. The van der Waals surface area contributed by atoms with Crippen LogP contribution in [0.3, 0.4) is 0 Å². The van der Waals surface area contributed by atoms with Gasteiger partial charge in [0.2, 0.25) is 0 Å². The van der Waals surface area contributed by atoms with E-state index in [4.69, 9.17) is 4.74 Å². The lowest BCUT2D eigenvalue weighted by molar-refractivity contribution is 0.162. The van der Waals surface area contributed by atoms with Crippen molar-refractivity contribution in [3.63, 3.8) is 0 Å². The van der Waals surface area contributed by atoms with Crippen LogP contribution < -0.4 is 10.1 Å². The van der Waals surface area contributed by atoms with Crippen LogP contribution in [-0.2, 0) is 12.8 Å². The van der Waals surface area contributed by atoms with Gasteiger partial charge in [-0.15, -0.1) is 0 Å². The van der Waals surface area contributed by atoms with Crippen LogP contribution >= 0.6 is 0 Å². The summed E-state index contributed by atoms with van der Waals surface area (Å²) >= 11 is 0. The molecule has 2 heteroatoms. The molecule has 1 heterocycles. The van der Waals surface area contributed by atoms with Crippen molar-refractivity contribution in [2.75, 3.05) is 13.1 Å². The molecule has 0 atom stereocenters. The van der Waals surface area contributed by atoms with Crippen LogP contribution in [0.1, 0.15) is 36.8 Å². The van der Waals surface area contributed by atoms with Gasteiger partial charge in [0.1, 0.15) is 11.9 Å². The molecule has 3 rings (SSSR count). The van der Waals surface area contributed by atoms with E-state index in [0.717, 1.165) is 31.7 Å². The Bertz CT molecular complexity index is 383. The summed E-state index contributed by atoms with van der Waals surface area (Å²) in [4.78, 5) is 0. The monoisotopic (exact) mass is 231 g/mol. The molecule has 0 spiro atoms. The number of rotatable bonds is 2. The zero-order chi connectivity index (χ0) is 11.5. The van der Waals surface area contributed by atoms with Crippen LogP contribution in [0.15, 0.2) is 18.2 Å². The summed E-state index contributed by atoms with van der Waals surface area (Å²) < 4.78 is 6.08. The van der Waals surface area contributed by atoms with E-state index in [2.05, 4.69) is 23.5 Å². The fourth-order valence-corrected chi connectivity index (χ4v) is 2.89. The van der Waals surface area contributed by atoms with Crippen molar-refractivity contribution in [3.05, 3.63) is 29.3 Å². The van der Waals surface area contributed by atoms with E-state index in [0.29, 0.717) is 6.10 Å². The van der Waals surface area contributed by atoms with Crippen molar-refractivity contribution in [2.45, 2.75) is 44.6 Å². The van der Waals surface area contributed by atoms with Crippen LogP contribution in [0.5, 0.6) is 5.75 Å². The van der Waals surface area contributed by atoms with Gasteiger partial charge in [-0.1, -0.05) is 6.07 Å². The van der Waals surface area contributed by atoms with Crippen LogP contribution in [0.4, 0.5) is 0 Å². The molecule has 2 aliphatic rings. The Hall–Kier alpha value is -1.02. The number of fused-ring (bicyclic) bond motifs is 1. The molecule has 2 nitrogen and oxygen atoms in total. The van der Waals surface area contributed by atoms with Crippen molar-refractivity contribution < 1.29 is 4.74 Å². The molecule has 1 saturated heterocycles. The van der Waals surface area contributed by atoms with E-state index in [1.807, 2.05) is 0 Å². The summed E-state index contributed by atoms with van der Waals surface area (Å²) in [7, 11) is 0. The van der Waals surface area contributed by atoms with E-state index < -0.39 is 0 Å². The Morgan fingerprint density at radius 3 is 2.59 bits per heavy atom. The highest BCUT2D eigenvalue weighted by Crippen LogP contribution is 2.26. The third kappa shape index (κ3) is 2.63. The average Bonchev–Trinajstić information content (AvgIpc) is 2.40. The van der Waals surface area contributed by atoms with Gasteiger partial charge in [0.05, 0.1) is 0 Å². The minimum atomic E-state index is 0.415. The maximum absolute atomic E-state index is 6.08. The van der Waals surface area contributed by atoms with E-state index in [1.165, 1.54) is 36.8 Å². The van der Waals surface area contributed by atoms with Crippen molar-refractivity contribution in [1.29, 1.82) is 0 Å². The van der Waals surface area contributed by atoms with Crippen molar-refractivity contribution in [1.82, 2.24) is 5.32 Å². The zero-order valence-electron chi connectivity index (χ0n) is 10.4. The second-order valence-electron chi connectivity index (χ2n) is 5.20. The Morgan fingerprint density at radius 1 is 1.00 bits per heavy atom. The number of aryl methyl sites for hydroxylation is 2. The largest absolute Gasteiger partial charge is 0.490 e. The first-order chi connectivity index (χ1) is 8.42. The highest BCUT2D eigenvalue weighted by Gasteiger charge is 2.15. The number of hydrogen-bond acceptors (Lipinski definition) is 2. The predicted octanol–water partition coefficient (Wildman–Crippen LogP) is 2.70. The molecular weight excluding hydrogens is 210 g/mol. The maximum Gasteiger partial charge on any atom is 0.120 e. The maximum atomic E-state index is 6.08. The average molecular weight is 231 g/mol. The number of ether oxygens (including phenoxy) is 1. The lowest BCUT2D eigenvalue weighted by atomic mass is 9.92. The SMILES string of the molecule is c1cc2c(cc1OC1CCNCC1)CCCC2. The lowest BCUT2D eigenvalue weighted by Crippen LogP contribution is -2.34. The molecule has 1 aromatic rings. The van der Waals surface area contributed by atoms with Gasteiger partial charge in [0, 0.05) is 0 Å². The van der Waals surface area contributed by atoms with Gasteiger partial charge in [-0.25, -0.2) is 0 Å². The van der Waals surface area contributed by atoms with E-state index in [-0.39, 0.29) is 0 Å². The lowest BCUT2D eigenvalue weighted by Gasteiger charge is -2.25. The van der Waals surface area contributed by atoms with Crippen molar-refractivity contribution >= 4 is 0 Å². The highest BCUT2D eigenvalue weighted by atomic mass is 16.5. The Labute approximate surface area is 103 Å². The first-order valence-corrected chi connectivity index (χ1v) is 6.91. The minimum Gasteiger partial charge on any atom is -0.490 e. The summed E-state index contributed by atoms with van der Waals surface area (Å²) in [6, 6.07) is 6.70. The van der Waals surface area contributed by atoms with E-state index in [9.17, 15) is 0 Å². The number of nitrogens with one attached hydrogen (secondary N) is 1. The second kappa shape index (κ2) is 5.09. The zero-order valence-corrected chi connectivity index (χ0v) is 10.4. The molecule has 0 unspecified atom stereocenters. The topological polar surface area (TPSA) is 21.3 Å². The standard InChI is InChI=1S/C15H21NO/c1-2-4-13-11-15(6-5-12(13)3-1)17-14-7-9-16-10-8-14/h5-6,11,14,16H,1-4,7-10H2. The number of benzene rings is 1. The Morgan fingerprint density at radius 2 is 1.76 bits per heavy atom. The molecule has 0 radical (unpaired) electrons. The number of hydrogen-bond donors (Lipinski definition) is 1. The number of piperidine rings is 1. The van der Waals surface area contributed by atoms with Crippen molar-refractivity contribution in [3.8, 4) is 5.75 Å². The third-order valence-electron chi connectivity index (χ3n) is 3.91. The third-order valence-corrected chi connectivity index (χ3v) is 3.91. The summed E-state index contributed by atoms with van der Waals surface area (Å²) in [5.41, 5.74) is 3.05. The molecule has 0 saturated carbocycles. The van der Waals surface area contributed by atoms with Gasteiger partial charge in [0.15, 0.2) is 0 Å². The van der Waals surface area contributed by atoms with Gasteiger partial charge in [-0.3, -0.25) is 0 Å². The van der Waals surface area contributed by atoms with Gasteiger partial charge >= 0.3 is 0 Å². The fourth-order valence-electron chi connectivity index (χ4n) is 2.89. The van der Waals surface area contributed by atoms with Crippen LogP contribution in [0.2, 0.25) is 0 Å². The predicted molar refractivity (Wildman–Crippen MR) is 69.6 cm³/mol. The van der Waals surface area contributed by atoms with E-state index >= 15 is 0 Å². The van der Waals surface area contributed by atoms with Crippen LogP contribution in [0.25, 0.3) is 0 Å². The Kier molecular flexibility index (Phi) is 3.32. The molecule has 92 valence electrons. The summed E-state index contributed by atoms with van der Waals surface area (Å²) in [5.74, 6) is 1.08. The fraction of sp³-hybridized carbons (Fsp3) is 0.600. The molecule has 1 aromatic carbocycles. The van der Waals surface area contributed by atoms with Gasteiger partial charge in [-0.2, -0.15) is 0 Å². The normalized spacial score (nSPS) is 20.9. The van der Waals surface area contributed by atoms with Gasteiger partial charge < -0.3 is 10.1 Å². The molecular formula is C15H21NO. The summed E-state index contributed by atoms with van der Waals surface area (Å²) in [6.45, 7) is 2.19. The highest BCUT2D eigenvalue weighted by molar-refractivity contribution is 5.37. The molecule has 1 N–H and O–H groups in total. The minimum absolute atomic E-state index is 0.415. The molecule has 17 heavy (non-hydrogen) atoms. The molecule has 1 fully saturated rings. The molecule has 0 aromatic heterocycles. The van der Waals surface area contributed by atoms with Gasteiger partial charge in [-0.05, 0) is 74.9 Å². The van der Waals surface area contributed by atoms with Crippen LogP contribution in [-0.4, -0.2) is 19.2 Å². The second-order valence-corrected chi connectivity index (χ2v) is 5.20. The molecule has 1 aliphatic heterocycles. The van der Waals surface area contributed by atoms with Crippen LogP contribution in [0, 0.1) is 0 Å². The molecule has 0 amide bonds. The first-order valence-electron chi connectivity index (χ1n) is 6.91. The first kappa shape index (κ1) is 11.1. The Balaban J connectivity index is 1.70. The summed E-state index contributed by atoms with van der Waals surface area (Å²) in [5, 5.41) is 3.37. The quantitative estimate of drug-likeness (QED) is 0.845. The van der Waals surface area contributed by atoms with Gasteiger partial charge in [0.25, 0.3) is 0 Å². The van der Waals surface area contributed by atoms with Crippen molar-refractivity contribution in [2.24, 2.45) is 0 Å². The smallest absolute Gasteiger partial charge is 0.120 e. The summed E-state index contributed by atoms with van der Waals surface area (Å²) in [6.07, 6.45) is 7.86.